The number of benzene rings is 2. The van der Waals surface area contributed by atoms with Gasteiger partial charge in [0.05, 0.1) is 11.0 Å². The summed E-state index contributed by atoms with van der Waals surface area (Å²) in [6, 6.07) is 14.4. The molecular weight excluding hydrogens is 402 g/mol. The van der Waals surface area contributed by atoms with E-state index in [4.69, 9.17) is 10.7 Å². The molecule has 4 N–H and O–H groups in total. The highest BCUT2D eigenvalue weighted by Gasteiger charge is 2.26. The number of amidine groups is 1. The van der Waals surface area contributed by atoms with Gasteiger partial charge in [0.2, 0.25) is 5.95 Å². The summed E-state index contributed by atoms with van der Waals surface area (Å²) >= 11 is 0. The monoisotopic (exact) mass is 427 g/mol. The third-order valence-electron chi connectivity index (χ3n) is 5.34. The smallest absolute Gasteiger partial charge is 0.219 e. The molecule has 3 heterocycles. The molecule has 9 heteroatoms. The van der Waals surface area contributed by atoms with Crippen molar-refractivity contribution >= 4 is 22.8 Å². The van der Waals surface area contributed by atoms with E-state index < -0.39 is 0 Å². The van der Waals surface area contributed by atoms with E-state index in [0.717, 1.165) is 44.9 Å². The summed E-state index contributed by atoms with van der Waals surface area (Å²) in [4.78, 5) is 13.3. The van der Waals surface area contributed by atoms with Crippen LogP contribution in [0.2, 0.25) is 0 Å². The Balaban J connectivity index is 1.71. The average Bonchev–Trinajstić information content (AvgIpc) is 3.37. The molecule has 0 saturated carbocycles. The summed E-state index contributed by atoms with van der Waals surface area (Å²) in [5.74, 6) is 1.89. The van der Waals surface area contributed by atoms with Crippen molar-refractivity contribution in [3.63, 3.8) is 0 Å². The molecule has 0 unspecified atom stereocenters. The van der Waals surface area contributed by atoms with Gasteiger partial charge in [-0.1, -0.05) is 30.3 Å². The number of hydrazone groups is 1. The lowest BCUT2D eigenvalue weighted by atomic mass is 10.0. The molecule has 2 aromatic heterocycles. The SMILES string of the molecule is CN1NN=C(c2ccccc2-c2nc3cc(-c4cnc(N)nc4)ccc3n2C(C)(C)C)N1. The largest absolute Gasteiger partial charge is 0.368 e. The van der Waals surface area contributed by atoms with E-state index in [0.29, 0.717) is 0 Å². The number of fused-ring (bicyclic) bond motifs is 1. The van der Waals surface area contributed by atoms with Crippen LogP contribution in [0.1, 0.15) is 26.3 Å². The van der Waals surface area contributed by atoms with Gasteiger partial charge in [-0.05, 0) is 38.5 Å². The summed E-state index contributed by atoms with van der Waals surface area (Å²) in [5.41, 5.74) is 17.4. The van der Waals surface area contributed by atoms with Crippen molar-refractivity contribution in [2.75, 3.05) is 12.8 Å². The fraction of sp³-hybridized carbons (Fsp3) is 0.217. The van der Waals surface area contributed by atoms with Gasteiger partial charge in [-0.15, -0.1) is 10.2 Å². The van der Waals surface area contributed by atoms with E-state index in [-0.39, 0.29) is 11.5 Å². The third kappa shape index (κ3) is 3.42. The second kappa shape index (κ2) is 7.31. The Bertz CT molecular complexity index is 1330. The number of hydrogen-bond acceptors (Lipinski definition) is 8. The normalized spacial score (nSPS) is 14.3. The molecule has 162 valence electrons. The van der Waals surface area contributed by atoms with Crippen LogP contribution in [0.3, 0.4) is 0 Å². The van der Waals surface area contributed by atoms with Crippen molar-refractivity contribution in [2.24, 2.45) is 5.10 Å². The Morgan fingerprint density at radius 2 is 1.66 bits per heavy atom. The lowest BCUT2D eigenvalue weighted by Gasteiger charge is -2.25. The number of nitrogen functional groups attached to an aromatic ring is 1. The van der Waals surface area contributed by atoms with Crippen molar-refractivity contribution in [3.05, 3.63) is 60.4 Å². The summed E-state index contributed by atoms with van der Waals surface area (Å²) in [7, 11) is 1.87. The Hall–Kier alpha value is -3.98. The predicted molar refractivity (Wildman–Crippen MR) is 126 cm³/mol. The highest BCUT2D eigenvalue weighted by Crippen LogP contribution is 2.34. The number of hydrazine groups is 2. The number of rotatable bonds is 3. The molecule has 0 atom stereocenters. The van der Waals surface area contributed by atoms with Gasteiger partial charge in [0, 0.05) is 41.7 Å². The minimum absolute atomic E-state index is 0.191. The summed E-state index contributed by atoms with van der Waals surface area (Å²) in [5, 5.41) is 6.11. The van der Waals surface area contributed by atoms with Crippen LogP contribution in [0, 0.1) is 0 Å². The van der Waals surface area contributed by atoms with E-state index in [9.17, 15) is 0 Å². The zero-order valence-electron chi connectivity index (χ0n) is 18.5. The Morgan fingerprint density at radius 1 is 0.938 bits per heavy atom. The standard InChI is InChI=1S/C23H25N9/c1-23(2,3)32-19-10-9-14(15-12-25-22(24)26-13-15)11-18(19)27-21(32)17-8-6-5-7-16(17)20-28-30-31(4)29-20/h5-13,30H,1-4H3,(H,28,29)(H2,24,25,26). The maximum Gasteiger partial charge on any atom is 0.219 e. The van der Waals surface area contributed by atoms with Crippen LogP contribution in [0.15, 0.2) is 60.0 Å². The lowest BCUT2D eigenvalue weighted by molar-refractivity contribution is 0.232. The maximum absolute atomic E-state index is 5.65. The number of hydrogen-bond donors (Lipinski definition) is 3. The van der Waals surface area contributed by atoms with Crippen LogP contribution in [0.4, 0.5) is 5.95 Å². The number of nitrogens with two attached hydrogens (primary N) is 1. The van der Waals surface area contributed by atoms with Gasteiger partial charge in [0.15, 0.2) is 5.84 Å². The minimum Gasteiger partial charge on any atom is -0.368 e. The van der Waals surface area contributed by atoms with Crippen LogP contribution >= 0.6 is 0 Å². The molecule has 1 aliphatic heterocycles. The molecule has 1 aliphatic rings. The second-order valence-electron chi connectivity index (χ2n) is 8.75. The van der Waals surface area contributed by atoms with Gasteiger partial charge >= 0.3 is 0 Å². The molecule has 2 aromatic carbocycles. The van der Waals surface area contributed by atoms with E-state index in [1.54, 1.807) is 17.5 Å². The first-order chi connectivity index (χ1) is 15.3. The van der Waals surface area contributed by atoms with E-state index in [1.807, 2.05) is 25.2 Å². The third-order valence-corrected chi connectivity index (χ3v) is 5.34. The Morgan fingerprint density at radius 3 is 2.31 bits per heavy atom. The van der Waals surface area contributed by atoms with Crippen molar-refractivity contribution in [3.8, 4) is 22.5 Å². The molecule has 0 saturated heterocycles. The molecule has 0 fully saturated rings. The fourth-order valence-corrected chi connectivity index (χ4v) is 3.95. The van der Waals surface area contributed by atoms with Crippen molar-refractivity contribution in [1.82, 2.24) is 35.6 Å². The minimum atomic E-state index is -0.191. The summed E-state index contributed by atoms with van der Waals surface area (Å²) in [6.07, 6.45) is 3.46. The molecule has 0 aliphatic carbocycles. The summed E-state index contributed by atoms with van der Waals surface area (Å²) < 4.78 is 2.27. The van der Waals surface area contributed by atoms with Gasteiger partial charge in [0.1, 0.15) is 5.82 Å². The quantitative estimate of drug-likeness (QED) is 0.461. The zero-order chi connectivity index (χ0) is 22.5. The molecule has 0 radical (unpaired) electrons. The van der Waals surface area contributed by atoms with Gasteiger partial charge in [0.25, 0.3) is 0 Å². The molecule has 9 nitrogen and oxygen atoms in total. The zero-order valence-corrected chi connectivity index (χ0v) is 18.5. The molecule has 0 amide bonds. The van der Waals surface area contributed by atoms with Crippen LogP contribution in [0.25, 0.3) is 33.5 Å². The summed E-state index contributed by atoms with van der Waals surface area (Å²) in [6.45, 7) is 6.55. The van der Waals surface area contributed by atoms with Crippen molar-refractivity contribution in [2.45, 2.75) is 26.3 Å². The molecular formula is C23H25N9. The topological polar surface area (TPSA) is 109 Å². The first-order valence-corrected chi connectivity index (χ1v) is 10.4. The maximum atomic E-state index is 5.65. The molecule has 0 bridgehead atoms. The van der Waals surface area contributed by atoms with Crippen LogP contribution in [0.5, 0.6) is 0 Å². The molecule has 5 rings (SSSR count). The Labute approximate surface area is 185 Å². The van der Waals surface area contributed by atoms with Crippen LogP contribution < -0.4 is 16.7 Å². The second-order valence-corrected chi connectivity index (χ2v) is 8.75. The van der Waals surface area contributed by atoms with E-state index in [2.05, 4.69) is 75.6 Å². The van der Waals surface area contributed by atoms with Gasteiger partial charge in [-0.2, -0.15) is 0 Å². The first kappa shape index (κ1) is 20.0. The molecule has 4 aromatic rings. The number of nitrogens with one attached hydrogen (secondary N) is 2. The Kier molecular flexibility index (Phi) is 4.56. The van der Waals surface area contributed by atoms with Gasteiger partial charge < -0.3 is 10.3 Å². The number of aromatic nitrogens is 4. The van der Waals surface area contributed by atoms with Gasteiger partial charge in [-0.3, -0.25) is 5.43 Å². The molecule has 32 heavy (non-hydrogen) atoms. The molecule has 0 spiro atoms. The van der Waals surface area contributed by atoms with Crippen molar-refractivity contribution < 1.29 is 0 Å². The number of imidazole rings is 1. The lowest BCUT2D eigenvalue weighted by Crippen LogP contribution is -2.38. The van der Waals surface area contributed by atoms with Crippen LogP contribution in [-0.4, -0.2) is 37.5 Å². The highest BCUT2D eigenvalue weighted by atomic mass is 15.9. The number of nitrogens with zero attached hydrogens (tertiary/aromatic N) is 6. The van der Waals surface area contributed by atoms with Crippen molar-refractivity contribution in [1.29, 1.82) is 0 Å². The number of anilines is 1. The average molecular weight is 428 g/mol. The van der Waals surface area contributed by atoms with Gasteiger partial charge in [-0.25, -0.2) is 20.5 Å². The predicted octanol–water partition coefficient (Wildman–Crippen LogP) is 3.11. The van der Waals surface area contributed by atoms with Crippen LogP contribution in [-0.2, 0) is 5.54 Å². The highest BCUT2D eigenvalue weighted by molar-refractivity contribution is 6.04. The fourth-order valence-electron chi connectivity index (χ4n) is 3.95. The van der Waals surface area contributed by atoms with E-state index in [1.165, 1.54) is 0 Å². The first-order valence-electron chi connectivity index (χ1n) is 10.4. The van der Waals surface area contributed by atoms with E-state index >= 15 is 0 Å².